The highest BCUT2D eigenvalue weighted by Crippen LogP contribution is 2.28. The second-order valence-corrected chi connectivity index (χ2v) is 4.89. The SMILES string of the molecule is c1ccn2cc(CNCCOCC3CC3)nc2c1. The minimum absolute atomic E-state index is 0.796. The summed E-state index contributed by atoms with van der Waals surface area (Å²) in [5, 5.41) is 3.36. The Morgan fingerprint density at radius 1 is 1.39 bits per heavy atom. The summed E-state index contributed by atoms with van der Waals surface area (Å²) >= 11 is 0. The van der Waals surface area contributed by atoms with Gasteiger partial charge in [0.2, 0.25) is 0 Å². The predicted molar refractivity (Wildman–Crippen MR) is 70.4 cm³/mol. The Morgan fingerprint density at radius 3 is 3.17 bits per heavy atom. The largest absolute Gasteiger partial charge is 0.380 e. The fourth-order valence-electron chi connectivity index (χ4n) is 1.97. The molecule has 0 aliphatic heterocycles. The van der Waals surface area contributed by atoms with Crippen LogP contribution in [0.2, 0.25) is 0 Å². The zero-order valence-electron chi connectivity index (χ0n) is 10.5. The van der Waals surface area contributed by atoms with E-state index in [0.29, 0.717) is 0 Å². The van der Waals surface area contributed by atoms with E-state index in [0.717, 1.165) is 43.6 Å². The zero-order valence-corrected chi connectivity index (χ0v) is 10.5. The summed E-state index contributed by atoms with van der Waals surface area (Å²) in [5.74, 6) is 0.850. The summed E-state index contributed by atoms with van der Waals surface area (Å²) in [6.07, 6.45) is 6.79. The molecule has 0 saturated heterocycles. The van der Waals surface area contributed by atoms with Crippen molar-refractivity contribution in [2.45, 2.75) is 19.4 Å². The van der Waals surface area contributed by atoms with Gasteiger partial charge in [0.15, 0.2) is 0 Å². The second kappa shape index (κ2) is 5.50. The number of fused-ring (bicyclic) bond motifs is 1. The third-order valence-corrected chi connectivity index (χ3v) is 3.19. The fraction of sp³-hybridized carbons (Fsp3) is 0.500. The van der Waals surface area contributed by atoms with Gasteiger partial charge in [0.1, 0.15) is 5.65 Å². The van der Waals surface area contributed by atoms with Crippen molar-refractivity contribution in [1.82, 2.24) is 14.7 Å². The van der Waals surface area contributed by atoms with Crippen LogP contribution in [0.15, 0.2) is 30.6 Å². The van der Waals surface area contributed by atoms with Crippen LogP contribution in [-0.2, 0) is 11.3 Å². The van der Waals surface area contributed by atoms with E-state index in [-0.39, 0.29) is 0 Å². The quantitative estimate of drug-likeness (QED) is 0.757. The van der Waals surface area contributed by atoms with Crippen LogP contribution in [0.5, 0.6) is 0 Å². The Morgan fingerprint density at radius 2 is 2.33 bits per heavy atom. The summed E-state index contributed by atoms with van der Waals surface area (Å²) in [6, 6.07) is 6.03. The molecule has 18 heavy (non-hydrogen) atoms. The van der Waals surface area contributed by atoms with E-state index in [1.807, 2.05) is 28.8 Å². The van der Waals surface area contributed by atoms with Crippen LogP contribution in [0.1, 0.15) is 18.5 Å². The molecular weight excluding hydrogens is 226 g/mol. The molecule has 0 aromatic carbocycles. The molecule has 1 aliphatic rings. The van der Waals surface area contributed by atoms with Crippen molar-refractivity contribution in [3.8, 4) is 0 Å². The number of nitrogens with one attached hydrogen (secondary N) is 1. The predicted octanol–water partition coefficient (Wildman–Crippen LogP) is 1.85. The number of hydrogen-bond acceptors (Lipinski definition) is 3. The van der Waals surface area contributed by atoms with E-state index in [9.17, 15) is 0 Å². The fourth-order valence-corrected chi connectivity index (χ4v) is 1.97. The van der Waals surface area contributed by atoms with Crippen LogP contribution in [0.25, 0.3) is 5.65 Å². The van der Waals surface area contributed by atoms with Crippen molar-refractivity contribution in [3.63, 3.8) is 0 Å². The number of ether oxygens (including phenoxy) is 1. The minimum Gasteiger partial charge on any atom is -0.380 e. The van der Waals surface area contributed by atoms with Gasteiger partial charge in [0.05, 0.1) is 12.3 Å². The van der Waals surface area contributed by atoms with Gasteiger partial charge in [-0.3, -0.25) is 0 Å². The van der Waals surface area contributed by atoms with Crippen LogP contribution in [0.3, 0.4) is 0 Å². The molecule has 0 amide bonds. The third kappa shape index (κ3) is 3.09. The molecule has 0 spiro atoms. The number of hydrogen-bond donors (Lipinski definition) is 1. The number of rotatable bonds is 7. The number of imidazole rings is 1. The molecule has 2 aromatic heterocycles. The van der Waals surface area contributed by atoms with Crippen LogP contribution in [-0.4, -0.2) is 29.1 Å². The molecule has 2 heterocycles. The van der Waals surface area contributed by atoms with Gasteiger partial charge in [0.25, 0.3) is 0 Å². The highest BCUT2D eigenvalue weighted by Gasteiger charge is 2.20. The molecular formula is C14H19N3O. The summed E-state index contributed by atoms with van der Waals surface area (Å²) < 4.78 is 7.61. The normalized spacial score (nSPS) is 15.3. The molecule has 1 aliphatic carbocycles. The van der Waals surface area contributed by atoms with Gasteiger partial charge in [-0.15, -0.1) is 0 Å². The highest BCUT2D eigenvalue weighted by molar-refractivity contribution is 5.39. The van der Waals surface area contributed by atoms with Gasteiger partial charge in [-0.25, -0.2) is 4.98 Å². The molecule has 1 N–H and O–H groups in total. The number of aromatic nitrogens is 2. The summed E-state index contributed by atoms with van der Waals surface area (Å²) in [7, 11) is 0. The van der Waals surface area contributed by atoms with Crippen LogP contribution in [0, 0.1) is 5.92 Å². The van der Waals surface area contributed by atoms with Gasteiger partial charge in [-0.2, -0.15) is 0 Å². The standard InChI is InChI=1S/C14H19N3O/c1-2-7-17-10-13(16-14(17)3-1)9-15-6-8-18-11-12-4-5-12/h1-3,7,10,12,15H,4-6,8-9,11H2. The van der Waals surface area contributed by atoms with Crippen LogP contribution >= 0.6 is 0 Å². The molecule has 0 atom stereocenters. The average molecular weight is 245 g/mol. The van der Waals surface area contributed by atoms with Gasteiger partial charge in [-0.1, -0.05) is 6.07 Å². The lowest BCUT2D eigenvalue weighted by molar-refractivity contribution is 0.126. The third-order valence-electron chi connectivity index (χ3n) is 3.19. The van der Waals surface area contributed by atoms with Gasteiger partial charge < -0.3 is 14.5 Å². The maximum absolute atomic E-state index is 5.57. The van der Waals surface area contributed by atoms with E-state index in [1.54, 1.807) is 0 Å². The molecule has 0 bridgehead atoms. The lowest BCUT2D eigenvalue weighted by Gasteiger charge is -2.03. The zero-order chi connectivity index (χ0) is 12.2. The minimum atomic E-state index is 0.796. The molecule has 0 unspecified atom stereocenters. The Balaban J connectivity index is 1.39. The first kappa shape index (κ1) is 11.7. The molecule has 4 nitrogen and oxygen atoms in total. The highest BCUT2D eigenvalue weighted by atomic mass is 16.5. The van der Waals surface area contributed by atoms with Crippen LogP contribution < -0.4 is 5.32 Å². The van der Waals surface area contributed by atoms with Crippen molar-refractivity contribution in [2.75, 3.05) is 19.8 Å². The number of pyridine rings is 1. The van der Waals surface area contributed by atoms with E-state index >= 15 is 0 Å². The van der Waals surface area contributed by atoms with Crippen molar-refractivity contribution >= 4 is 5.65 Å². The Kier molecular flexibility index (Phi) is 3.57. The van der Waals surface area contributed by atoms with E-state index in [2.05, 4.69) is 16.5 Å². The molecule has 4 heteroatoms. The first-order chi connectivity index (χ1) is 8.92. The maximum atomic E-state index is 5.57. The molecule has 2 aromatic rings. The summed E-state index contributed by atoms with van der Waals surface area (Å²) in [5.41, 5.74) is 2.07. The lowest BCUT2D eigenvalue weighted by atomic mass is 10.4. The molecule has 0 radical (unpaired) electrons. The smallest absolute Gasteiger partial charge is 0.137 e. The molecule has 1 fully saturated rings. The van der Waals surface area contributed by atoms with E-state index in [4.69, 9.17) is 4.74 Å². The summed E-state index contributed by atoms with van der Waals surface area (Å²) in [4.78, 5) is 4.53. The first-order valence-electron chi connectivity index (χ1n) is 6.63. The Hall–Kier alpha value is -1.39. The monoisotopic (exact) mass is 245 g/mol. The first-order valence-corrected chi connectivity index (χ1v) is 6.63. The molecule has 96 valence electrons. The van der Waals surface area contributed by atoms with Crippen LogP contribution in [0.4, 0.5) is 0 Å². The lowest BCUT2D eigenvalue weighted by Crippen LogP contribution is -2.19. The molecule has 1 saturated carbocycles. The second-order valence-electron chi connectivity index (χ2n) is 4.89. The number of nitrogens with zero attached hydrogens (tertiary/aromatic N) is 2. The topological polar surface area (TPSA) is 38.6 Å². The van der Waals surface area contributed by atoms with Crippen molar-refractivity contribution in [3.05, 3.63) is 36.3 Å². The van der Waals surface area contributed by atoms with Crippen molar-refractivity contribution in [1.29, 1.82) is 0 Å². The Labute approximate surface area is 107 Å². The maximum Gasteiger partial charge on any atom is 0.137 e. The van der Waals surface area contributed by atoms with Crippen molar-refractivity contribution < 1.29 is 4.74 Å². The van der Waals surface area contributed by atoms with E-state index in [1.165, 1.54) is 12.8 Å². The average Bonchev–Trinajstić information content (AvgIpc) is 3.11. The van der Waals surface area contributed by atoms with Gasteiger partial charge >= 0.3 is 0 Å². The van der Waals surface area contributed by atoms with Gasteiger partial charge in [-0.05, 0) is 30.9 Å². The van der Waals surface area contributed by atoms with Gasteiger partial charge in [0, 0.05) is 32.1 Å². The summed E-state index contributed by atoms with van der Waals surface area (Å²) in [6.45, 7) is 3.43. The van der Waals surface area contributed by atoms with Crippen molar-refractivity contribution in [2.24, 2.45) is 5.92 Å². The Bertz CT molecular complexity index is 471. The van der Waals surface area contributed by atoms with E-state index < -0.39 is 0 Å². The molecule has 3 rings (SSSR count).